The van der Waals surface area contributed by atoms with E-state index < -0.39 is 0 Å². The first kappa shape index (κ1) is 11.1. The van der Waals surface area contributed by atoms with E-state index >= 15 is 0 Å². The van der Waals surface area contributed by atoms with E-state index in [1.807, 2.05) is 12.1 Å². The molecule has 0 spiro atoms. The molecule has 0 atom stereocenters. The molecular formula is C15H17N3. The van der Waals surface area contributed by atoms with Gasteiger partial charge in [0.2, 0.25) is 0 Å². The van der Waals surface area contributed by atoms with Gasteiger partial charge in [-0.25, -0.2) is 0 Å². The van der Waals surface area contributed by atoms with Crippen molar-refractivity contribution in [3.8, 4) is 0 Å². The standard InChI is InChI=1S/C15H17N3/c1-16-12-7-3-4-8-13(12)18-11-17(2)14-9-5-6-10-15(14)18/h3-5,7-9H,1,6,10-11H2,2H3. The van der Waals surface area contributed by atoms with Crippen LogP contribution in [0, 0.1) is 0 Å². The fraction of sp³-hybridized carbons (Fsp3) is 0.267. The van der Waals surface area contributed by atoms with Crippen molar-refractivity contribution in [1.82, 2.24) is 4.90 Å². The van der Waals surface area contributed by atoms with Crippen molar-refractivity contribution < 1.29 is 0 Å². The van der Waals surface area contributed by atoms with Crippen LogP contribution in [-0.2, 0) is 0 Å². The molecule has 0 saturated heterocycles. The second-order valence-electron chi connectivity index (χ2n) is 4.69. The van der Waals surface area contributed by atoms with E-state index in [0.717, 1.165) is 30.9 Å². The van der Waals surface area contributed by atoms with Crippen LogP contribution in [0.4, 0.5) is 11.4 Å². The lowest BCUT2D eigenvalue weighted by Crippen LogP contribution is -2.24. The Morgan fingerprint density at radius 3 is 2.94 bits per heavy atom. The third-order valence-corrected chi connectivity index (χ3v) is 3.55. The third kappa shape index (κ3) is 1.63. The van der Waals surface area contributed by atoms with Crippen LogP contribution >= 0.6 is 0 Å². The van der Waals surface area contributed by atoms with Crippen LogP contribution < -0.4 is 4.90 Å². The molecule has 1 aromatic rings. The van der Waals surface area contributed by atoms with Crippen LogP contribution in [-0.4, -0.2) is 25.3 Å². The Bertz CT molecular complexity index is 542. The minimum atomic E-state index is 0.890. The number of allylic oxidation sites excluding steroid dienone is 3. The predicted molar refractivity (Wildman–Crippen MR) is 76.2 cm³/mol. The smallest absolute Gasteiger partial charge is 0.0947 e. The molecule has 0 amide bonds. The molecule has 3 nitrogen and oxygen atoms in total. The Hall–Kier alpha value is -2.03. The summed E-state index contributed by atoms with van der Waals surface area (Å²) in [7, 11) is 2.13. The number of anilines is 1. The van der Waals surface area contributed by atoms with Gasteiger partial charge in [-0.1, -0.05) is 18.2 Å². The SMILES string of the molecule is C=Nc1ccccc1N1CN(C)C2=C1CCC=C2. The summed E-state index contributed by atoms with van der Waals surface area (Å²) < 4.78 is 0. The average molecular weight is 239 g/mol. The number of hydrogen-bond donors (Lipinski definition) is 0. The Labute approximate surface area is 108 Å². The van der Waals surface area contributed by atoms with Crippen LogP contribution in [0.25, 0.3) is 0 Å². The lowest BCUT2D eigenvalue weighted by atomic mass is 10.1. The van der Waals surface area contributed by atoms with E-state index in [9.17, 15) is 0 Å². The van der Waals surface area contributed by atoms with Crippen molar-refractivity contribution in [3.63, 3.8) is 0 Å². The van der Waals surface area contributed by atoms with Crippen molar-refractivity contribution in [1.29, 1.82) is 0 Å². The molecule has 18 heavy (non-hydrogen) atoms. The molecule has 0 bridgehead atoms. The highest BCUT2D eigenvalue weighted by Crippen LogP contribution is 2.38. The molecule has 0 aromatic heterocycles. The lowest BCUT2D eigenvalue weighted by Gasteiger charge is -2.24. The first-order chi connectivity index (χ1) is 8.81. The van der Waals surface area contributed by atoms with Gasteiger partial charge in [-0.05, 0) is 37.8 Å². The summed E-state index contributed by atoms with van der Waals surface area (Å²) in [6.45, 7) is 4.56. The molecule has 1 heterocycles. The van der Waals surface area contributed by atoms with Crippen molar-refractivity contribution in [2.24, 2.45) is 4.99 Å². The Morgan fingerprint density at radius 2 is 2.11 bits per heavy atom. The molecule has 0 N–H and O–H groups in total. The highest BCUT2D eigenvalue weighted by atomic mass is 15.4. The zero-order valence-corrected chi connectivity index (χ0v) is 10.6. The summed E-state index contributed by atoms with van der Waals surface area (Å²) in [5.74, 6) is 0. The van der Waals surface area contributed by atoms with Gasteiger partial charge in [0, 0.05) is 12.7 Å². The van der Waals surface area contributed by atoms with E-state index in [4.69, 9.17) is 0 Å². The molecular weight excluding hydrogens is 222 g/mol. The molecule has 1 aliphatic heterocycles. The summed E-state index contributed by atoms with van der Waals surface area (Å²) in [5.41, 5.74) is 4.84. The second kappa shape index (κ2) is 4.33. The number of likely N-dealkylation sites (N-methyl/N-ethyl adjacent to an activating group) is 1. The highest BCUT2D eigenvalue weighted by Gasteiger charge is 2.28. The Morgan fingerprint density at radius 1 is 1.28 bits per heavy atom. The molecule has 2 aliphatic rings. The summed E-state index contributed by atoms with van der Waals surface area (Å²) in [5, 5.41) is 0. The minimum absolute atomic E-state index is 0.890. The maximum Gasteiger partial charge on any atom is 0.0947 e. The highest BCUT2D eigenvalue weighted by molar-refractivity contribution is 5.72. The zero-order valence-electron chi connectivity index (χ0n) is 10.6. The van der Waals surface area contributed by atoms with Gasteiger partial charge >= 0.3 is 0 Å². The van der Waals surface area contributed by atoms with Crippen LogP contribution in [0.15, 0.2) is 52.8 Å². The number of para-hydroxylation sites is 2. The van der Waals surface area contributed by atoms with Crippen LogP contribution in [0.5, 0.6) is 0 Å². The first-order valence-corrected chi connectivity index (χ1v) is 6.25. The molecule has 1 aliphatic carbocycles. The van der Waals surface area contributed by atoms with Crippen LogP contribution in [0.1, 0.15) is 12.8 Å². The topological polar surface area (TPSA) is 18.8 Å². The quantitative estimate of drug-likeness (QED) is 0.737. The lowest BCUT2D eigenvalue weighted by molar-refractivity contribution is 0.471. The molecule has 3 heteroatoms. The number of aliphatic imine (C=N–C) groups is 1. The monoisotopic (exact) mass is 239 g/mol. The molecule has 3 rings (SSSR count). The predicted octanol–water partition coefficient (Wildman–Crippen LogP) is 3.29. The summed E-state index contributed by atoms with van der Waals surface area (Å²) >= 11 is 0. The minimum Gasteiger partial charge on any atom is -0.355 e. The fourth-order valence-electron chi connectivity index (χ4n) is 2.68. The van der Waals surface area contributed by atoms with Gasteiger partial charge < -0.3 is 9.80 Å². The van der Waals surface area contributed by atoms with E-state index in [0.29, 0.717) is 0 Å². The molecule has 0 saturated carbocycles. The molecule has 92 valence electrons. The van der Waals surface area contributed by atoms with Gasteiger partial charge in [0.25, 0.3) is 0 Å². The Kier molecular flexibility index (Phi) is 2.67. The number of benzene rings is 1. The van der Waals surface area contributed by atoms with Gasteiger partial charge in [0.05, 0.1) is 23.7 Å². The van der Waals surface area contributed by atoms with E-state index in [2.05, 4.69) is 52.8 Å². The van der Waals surface area contributed by atoms with Gasteiger partial charge in [-0.3, -0.25) is 4.99 Å². The zero-order chi connectivity index (χ0) is 12.5. The van der Waals surface area contributed by atoms with E-state index in [-0.39, 0.29) is 0 Å². The normalized spacial score (nSPS) is 18.3. The Balaban J connectivity index is 2.06. The van der Waals surface area contributed by atoms with E-state index in [1.165, 1.54) is 11.4 Å². The number of hydrogen-bond acceptors (Lipinski definition) is 3. The third-order valence-electron chi connectivity index (χ3n) is 3.55. The van der Waals surface area contributed by atoms with Gasteiger partial charge in [0.15, 0.2) is 0 Å². The summed E-state index contributed by atoms with van der Waals surface area (Å²) in [6.07, 6.45) is 6.69. The van der Waals surface area contributed by atoms with Crippen LogP contribution in [0.2, 0.25) is 0 Å². The second-order valence-corrected chi connectivity index (χ2v) is 4.69. The van der Waals surface area contributed by atoms with Crippen molar-refractivity contribution in [2.45, 2.75) is 12.8 Å². The average Bonchev–Trinajstić information content (AvgIpc) is 2.77. The maximum atomic E-state index is 4.13. The molecule has 0 radical (unpaired) electrons. The molecule has 1 aromatic carbocycles. The fourth-order valence-corrected chi connectivity index (χ4v) is 2.68. The molecule has 0 unspecified atom stereocenters. The van der Waals surface area contributed by atoms with Crippen LogP contribution in [0.3, 0.4) is 0 Å². The van der Waals surface area contributed by atoms with Crippen molar-refractivity contribution in [2.75, 3.05) is 18.6 Å². The van der Waals surface area contributed by atoms with E-state index in [1.54, 1.807) is 0 Å². The first-order valence-electron chi connectivity index (χ1n) is 6.25. The van der Waals surface area contributed by atoms with Crippen molar-refractivity contribution >= 4 is 18.1 Å². The summed E-state index contributed by atoms with van der Waals surface area (Å²) in [6, 6.07) is 8.19. The van der Waals surface area contributed by atoms with Gasteiger partial charge in [-0.15, -0.1) is 0 Å². The number of rotatable bonds is 2. The van der Waals surface area contributed by atoms with Crippen molar-refractivity contribution in [3.05, 3.63) is 47.8 Å². The largest absolute Gasteiger partial charge is 0.355 e. The summed E-state index contributed by atoms with van der Waals surface area (Å²) in [4.78, 5) is 8.76. The molecule has 0 fully saturated rings. The maximum absolute atomic E-state index is 4.13. The van der Waals surface area contributed by atoms with Gasteiger partial charge in [0.1, 0.15) is 0 Å². The van der Waals surface area contributed by atoms with Gasteiger partial charge in [-0.2, -0.15) is 0 Å². The number of nitrogens with zero attached hydrogens (tertiary/aromatic N) is 3.